The molecule has 0 rings (SSSR count). The van der Waals surface area contributed by atoms with Crippen molar-refractivity contribution in [3.05, 3.63) is 0 Å². The van der Waals surface area contributed by atoms with Gasteiger partial charge in [0.25, 0.3) is 0 Å². The van der Waals surface area contributed by atoms with E-state index in [2.05, 4.69) is 5.32 Å². The van der Waals surface area contributed by atoms with Crippen molar-refractivity contribution in [3.8, 4) is 0 Å². The summed E-state index contributed by atoms with van der Waals surface area (Å²) in [4.78, 5) is 22.0. The first-order valence-corrected chi connectivity index (χ1v) is 5.56. The standard InChI is InChI=1S/C11H23N3O2/c1-11(2,3)9(13)10(16)14-7-5-4-6-8(12)15/h9H,4-7,13H2,1-3H3,(H2,12,15)(H,14,16). The summed E-state index contributed by atoms with van der Waals surface area (Å²) in [5.41, 5.74) is 10.5. The quantitative estimate of drug-likeness (QED) is 0.565. The largest absolute Gasteiger partial charge is 0.370 e. The fourth-order valence-electron chi connectivity index (χ4n) is 1.14. The molecular weight excluding hydrogens is 206 g/mol. The molecule has 1 atom stereocenters. The van der Waals surface area contributed by atoms with Crippen molar-refractivity contribution in [1.29, 1.82) is 0 Å². The van der Waals surface area contributed by atoms with Gasteiger partial charge in [-0.05, 0) is 18.3 Å². The van der Waals surface area contributed by atoms with Crippen LogP contribution in [0.15, 0.2) is 0 Å². The molecule has 0 aliphatic heterocycles. The second-order valence-corrected chi connectivity index (χ2v) is 5.06. The first-order valence-electron chi connectivity index (χ1n) is 5.56. The predicted octanol–water partition coefficient (Wildman–Crippen LogP) is 0.132. The van der Waals surface area contributed by atoms with Crippen molar-refractivity contribution >= 4 is 11.8 Å². The first-order chi connectivity index (χ1) is 7.25. The van der Waals surface area contributed by atoms with Crippen LogP contribution in [0.25, 0.3) is 0 Å². The fourth-order valence-corrected chi connectivity index (χ4v) is 1.14. The zero-order valence-corrected chi connectivity index (χ0v) is 10.4. The third-order valence-electron chi connectivity index (χ3n) is 2.36. The average molecular weight is 229 g/mol. The molecular formula is C11H23N3O2. The van der Waals surface area contributed by atoms with Gasteiger partial charge in [-0.2, -0.15) is 0 Å². The highest BCUT2D eigenvalue weighted by Gasteiger charge is 2.26. The molecule has 16 heavy (non-hydrogen) atoms. The van der Waals surface area contributed by atoms with Crippen molar-refractivity contribution in [2.24, 2.45) is 16.9 Å². The van der Waals surface area contributed by atoms with E-state index >= 15 is 0 Å². The lowest BCUT2D eigenvalue weighted by molar-refractivity contribution is -0.124. The molecule has 0 spiro atoms. The summed E-state index contributed by atoms with van der Waals surface area (Å²) >= 11 is 0. The number of unbranched alkanes of at least 4 members (excludes halogenated alkanes) is 1. The molecule has 0 saturated heterocycles. The molecule has 1 unspecified atom stereocenters. The molecule has 94 valence electrons. The van der Waals surface area contributed by atoms with Crippen molar-refractivity contribution < 1.29 is 9.59 Å². The highest BCUT2D eigenvalue weighted by atomic mass is 16.2. The number of nitrogens with two attached hydrogens (primary N) is 2. The fraction of sp³-hybridized carbons (Fsp3) is 0.818. The third-order valence-corrected chi connectivity index (χ3v) is 2.36. The molecule has 0 saturated carbocycles. The molecule has 0 radical (unpaired) electrons. The summed E-state index contributed by atoms with van der Waals surface area (Å²) in [7, 11) is 0. The second kappa shape index (κ2) is 6.48. The summed E-state index contributed by atoms with van der Waals surface area (Å²) in [6.07, 6.45) is 1.80. The topological polar surface area (TPSA) is 98.2 Å². The maximum atomic E-state index is 11.6. The normalized spacial score (nSPS) is 13.2. The number of amides is 2. The maximum Gasteiger partial charge on any atom is 0.237 e. The van der Waals surface area contributed by atoms with Crippen LogP contribution in [0, 0.1) is 5.41 Å². The molecule has 5 nitrogen and oxygen atoms in total. The zero-order valence-electron chi connectivity index (χ0n) is 10.4. The number of hydrogen-bond donors (Lipinski definition) is 3. The lowest BCUT2D eigenvalue weighted by Gasteiger charge is -2.25. The molecule has 0 aromatic rings. The van der Waals surface area contributed by atoms with Crippen molar-refractivity contribution in [1.82, 2.24) is 5.32 Å². The molecule has 2 amide bonds. The smallest absolute Gasteiger partial charge is 0.237 e. The van der Waals surface area contributed by atoms with E-state index in [9.17, 15) is 9.59 Å². The minimum Gasteiger partial charge on any atom is -0.370 e. The van der Waals surface area contributed by atoms with Gasteiger partial charge < -0.3 is 16.8 Å². The SMILES string of the molecule is CC(C)(C)C(N)C(=O)NCCCCC(N)=O. The van der Waals surface area contributed by atoms with E-state index in [1.165, 1.54) is 0 Å². The van der Waals surface area contributed by atoms with Gasteiger partial charge in [0.15, 0.2) is 0 Å². The van der Waals surface area contributed by atoms with E-state index in [1.807, 2.05) is 20.8 Å². The second-order valence-electron chi connectivity index (χ2n) is 5.06. The Labute approximate surface area is 96.9 Å². The molecule has 0 heterocycles. The van der Waals surface area contributed by atoms with Crippen LogP contribution in [-0.2, 0) is 9.59 Å². The Kier molecular flexibility index (Phi) is 6.03. The Morgan fingerprint density at radius 3 is 2.25 bits per heavy atom. The number of primary amides is 1. The minimum atomic E-state index is -0.511. The van der Waals surface area contributed by atoms with E-state index in [0.717, 1.165) is 6.42 Å². The number of nitrogens with one attached hydrogen (secondary N) is 1. The van der Waals surface area contributed by atoms with Crippen LogP contribution in [0.2, 0.25) is 0 Å². The van der Waals surface area contributed by atoms with E-state index in [4.69, 9.17) is 11.5 Å². The number of hydrogen-bond acceptors (Lipinski definition) is 3. The van der Waals surface area contributed by atoms with Gasteiger partial charge in [-0.1, -0.05) is 20.8 Å². The van der Waals surface area contributed by atoms with Gasteiger partial charge in [-0.25, -0.2) is 0 Å². The first kappa shape index (κ1) is 14.9. The molecule has 0 bridgehead atoms. The van der Waals surface area contributed by atoms with Crippen LogP contribution >= 0.6 is 0 Å². The number of rotatable bonds is 6. The third kappa shape index (κ3) is 6.40. The summed E-state index contributed by atoms with van der Waals surface area (Å²) < 4.78 is 0. The van der Waals surface area contributed by atoms with Gasteiger partial charge in [0.05, 0.1) is 6.04 Å². The molecule has 0 aliphatic rings. The maximum absolute atomic E-state index is 11.6. The number of carbonyl (C=O) groups is 2. The molecule has 5 N–H and O–H groups in total. The van der Waals surface area contributed by atoms with Crippen LogP contribution in [0.1, 0.15) is 40.0 Å². The molecule has 5 heteroatoms. The zero-order chi connectivity index (χ0) is 12.8. The summed E-state index contributed by atoms with van der Waals surface area (Å²) in [6.45, 7) is 6.30. The van der Waals surface area contributed by atoms with Gasteiger partial charge in [-0.3, -0.25) is 9.59 Å². The minimum absolute atomic E-state index is 0.147. The van der Waals surface area contributed by atoms with Gasteiger partial charge in [0, 0.05) is 13.0 Å². The lowest BCUT2D eigenvalue weighted by Crippen LogP contribution is -2.48. The van der Waals surface area contributed by atoms with Gasteiger partial charge in [0.1, 0.15) is 0 Å². The lowest BCUT2D eigenvalue weighted by atomic mass is 9.87. The van der Waals surface area contributed by atoms with E-state index in [1.54, 1.807) is 0 Å². The van der Waals surface area contributed by atoms with Crippen LogP contribution in [0.4, 0.5) is 0 Å². The average Bonchev–Trinajstić information content (AvgIpc) is 2.13. The van der Waals surface area contributed by atoms with Crippen molar-refractivity contribution in [2.75, 3.05) is 6.54 Å². The van der Waals surface area contributed by atoms with Crippen molar-refractivity contribution in [3.63, 3.8) is 0 Å². The van der Waals surface area contributed by atoms with Gasteiger partial charge in [0.2, 0.25) is 11.8 Å². The Morgan fingerprint density at radius 2 is 1.81 bits per heavy atom. The Balaban J connectivity index is 3.70. The van der Waals surface area contributed by atoms with Gasteiger partial charge >= 0.3 is 0 Å². The highest BCUT2D eigenvalue weighted by Crippen LogP contribution is 2.17. The summed E-state index contributed by atoms with van der Waals surface area (Å²) in [5.74, 6) is -0.454. The molecule has 0 aromatic heterocycles. The van der Waals surface area contributed by atoms with Crippen molar-refractivity contribution in [2.45, 2.75) is 46.1 Å². The summed E-state index contributed by atoms with van der Waals surface area (Å²) in [6, 6.07) is -0.511. The Morgan fingerprint density at radius 1 is 1.25 bits per heavy atom. The predicted molar refractivity (Wildman–Crippen MR) is 63.5 cm³/mol. The van der Waals surface area contributed by atoms with E-state index in [0.29, 0.717) is 19.4 Å². The molecule has 0 aliphatic carbocycles. The van der Waals surface area contributed by atoms with E-state index < -0.39 is 6.04 Å². The highest BCUT2D eigenvalue weighted by molar-refractivity contribution is 5.82. The summed E-state index contributed by atoms with van der Waals surface area (Å²) in [5, 5.41) is 2.75. The monoisotopic (exact) mass is 229 g/mol. The van der Waals surface area contributed by atoms with Crippen LogP contribution < -0.4 is 16.8 Å². The van der Waals surface area contributed by atoms with Crippen LogP contribution in [0.3, 0.4) is 0 Å². The molecule has 0 aromatic carbocycles. The Bertz CT molecular complexity index is 246. The van der Waals surface area contributed by atoms with Crippen LogP contribution in [-0.4, -0.2) is 24.4 Å². The van der Waals surface area contributed by atoms with Crippen LogP contribution in [0.5, 0.6) is 0 Å². The molecule has 0 fully saturated rings. The number of carbonyl (C=O) groups excluding carboxylic acids is 2. The Hall–Kier alpha value is -1.10. The van der Waals surface area contributed by atoms with Gasteiger partial charge in [-0.15, -0.1) is 0 Å². The van der Waals surface area contributed by atoms with E-state index in [-0.39, 0.29) is 17.2 Å².